The summed E-state index contributed by atoms with van der Waals surface area (Å²) < 4.78 is 41.9. The maximum Gasteiger partial charge on any atom is 0.261 e. The second kappa shape index (κ2) is 9.05. The molecule has 168 valence electrons. The second-order valence-corrected chi connectivity index (χ2v) is 9.24. The molecule has 0 radical (unpaired) electrons. The van der Waals surface area contributed by atoms with E-state index in [9.17, 15) is 17.6 Å². The Morgan fingerprint density at radius 3 is 2.18 bits per heavy atom. The van der Waals surface area contributed by atoms with Crippen LogP contribution in [0, 0.1) is 12.7 Å². The summed E-state index contributed by atoms with van der Waals surface area (Å²) in [7, 11) is -3.86. The molecule has 0 spiro atoms. The molecule has 0 fully saturated rings. The average molecular weight is 485 g/mol. The van der Waals surface area contributed by atoms with Crippen LogP contribution in [0.1, 0.15) is 16.1 Å². The average Bonchev–Trinajstić information content (AvgIpc) is 3.17. The zero-order valence-electron chi connectivity index (χ0n) is 17.3. The number of carbonyl (C=O) groups is 1. The van der Waals surface area contributed by atoms with E-state index in [1.54, 1.807) is 48.0 Å². The summed E-state index contributed by atoms with van der Waals surface area (Å²) in [6.45, 7) is 1.78. The minimum Gasteiger partial charge on any atom is -0.322 e. The Kier molecular flexibility index (Phi) is 6.17. The zero-order valence-corrected chi connectivity index (χ0v) is 18.9. The standard InChI is InChI=1S/C23H18ClFN4O3S/c1-15-22(14-26-29(15)20-10-2-16(24)3-11-20)23(30)27-18-6-8-19(9-7-18)28-33(31,32)21-12-4-17(25)5-13-21/h2-14,28H,1H3,(H,27,30). The van der Waals surface area contributed by atoms with Crippen molar-refractivity contribution in [2.24, 2.45) is 0 Å². The Balaban J connectivity index is 1.45. The van der Waals surface area contributed by atoms with E-state index in [0.717, 1.165) is 17.8 Å². The van der Waals surface area contributed by atoms with Crippen LogP contribution in [0.15, 0.2) is 83.9 Å². The van der Waals surface area contributed by atoms with Crippen LogP contribution >= 0.6 is 11.6 Å². The molecule has 0 aliphatic carbocycles. The number of sulfonamides is 1. The van der Waals surface area contributed by atoms with Gasteiger partial charge in [0.25, 0.3) is 15.9 Å². The predicted octanol–water partition coefficient (Wildman–Crippen LogP) is 5.03. The lowest BCUT2D eigenvalue weighted by Crippen LogP contribution is -2.14. The minimum atomic E-state index is -3.86. The van der Waals surface area contributed by atoms with E-state index in [0.29, 0.717) is 27.7 Å². The molecule has 0 aliphatic heterocycles. The van der Waals surface area contributed by atoms with Gasteiger partial charge in [0, 0.05) is 16.4 Å². The number of halogens is 2. The summed E-state index contributed by atoms with van der Waals surface area (Å²) in [5.74, 6) is -0.879. The summed E-state index contributed by atoms with van der Waals surface area (Å²) in [5.41, 5.74) is 2.59. The van der Waals surface area contributed by atoms with Crippen LogP contribution in [0.5, 0.6) is 0 Å². The molecule has 7 nitrogen and oxygen atoms in total. The van der Waals surface area contributed by atoms with Gasteiger partial charge in [0.2, 0.25) is 0 Å². The van der Waals surface area contributed by atoms with E-state index in [2.05, 4.69) is 15.1 Å². The molecule has 33 heavy (non-hydrogen) atoms. The fraction of sp³-hybridized carbons (Fsp3) is 0.0435. The van der Waals surface area contributed by atoms with Gasteiger partial charge in [-0.2, -0.15) is 5.10 Å². The first-order valence-corrected chi connectivity index (χ1v) is 11.6. The second-order valence-electron chi connectivity index (χ2n) is 7.12. The summed E-state index contributed by atoms with van der Waals surface area (Å²) >= 11 is 5.92. The number of amides is 1. The fourth-order valence-electron chi connectivity index (χ4n) is 3.12. The molecular weight excluding hydrogens is 467 g/mol. The van der Waals surface area contributed by atoms with E-state index in [1.807, 2.05) is 0 Å². The SMILES string of the molecule is Cc1c(C(=O)Nc2ccc(NS(=O)(=O)c3ccc(F)cc3)cc2)cnn1-c1ccc(Cl)cc1. The number of benzene rings is 3. The maximum atomic E-state index is 13.0. The first-order valence-electron chi connectivity index (χ1n) is 9.73. The van der Waals surface area contributed by atoms with Crippen LogP contribution in [0.3, 0.4) is 0 Å². The van der Waals surface area contributed by atoms with Gasteiger partial charge < -0.3 is 5.32 Å². The van der Waals surface area contributed by atoms with Crippen molar-refractivity contribution in [3.63, 3.8) is 0 Å². The molecule has 2 N–H and O–H groups in total. The highest BCUT2D eigenvalue weighted by Crippen LogP contribution is 2.21. The number of nitrogens with one attached hydrogen (secondary N) is 2. The Labute approximate surface area is 194 Å². The maximum absolute atomic E-state index is 13.0. The largest absolute Gasteiger partial charge is 0.322 e. The normalized spacial score (nSPS) is 11.2. The van der Waals surface area contributed by atoms with Crippen molar-refractivity contribution in [3.05, 3.63) is 101 Å². The molecule has 4 rings (SSSR count). The van der Waals surface area contributed by atoms with Gasteiger partial charge in [0.15, 0.2) is 0 Å². The Hall–Kier alpha value is -3.69. The van der Waals surface area contributed by atoms with Crippen LogP contribution in [0.4, 0.5) is 15.8 Å². The van der Waals surface area contributed by atoms with Gasteiger partial charge in [-0.25, -0.2) is 17.5 Å². The lowest BCUT2D eigenvalue weighted by molar-refractivity contribution is 0.102. The highest BCUT2D eigenvalue weighted by molar-refractivity contribution is 7.92. The van der Waals surface area contributed by atoms with Crippen LogP contribution in [0.2, 0.25) is 5.02 Å². The third-order valence-corrected chi connectivity index (χ3v) is 6.49. The highest BCUT2D eigenvalue weighted by atomic mass is 35.5. The van der Waals surface area contributed by atoms with Crippen molar-refractivity contribution < 1.29 is 17.6 Å². The summed E-state index contributed by atoms with van der Waals surface area (Å²) in [4.78, 5) is 12.7. The van der Waals surface area contributed by atoms with Gasteiger partial charge in [-0.15, -0.1) is 0 Å². The van der Waals surface area contributed by atoms with Gasteiger partial charge in [-0.05, 0) is 79.7 Å². The Morgan fingerprint density at radius 1 is 0.939 bits per heavy atom. The Morgan fingerprint density at radius 2 is 1.55 bits per heavy atom. The number of hydrogen-bond donors (Lipinski definition) is 2. The zero-order chi connectivity index (χ0) is 23.6. The number of carbonyl (C=O) groups excluding carboxylic acids is 1. The molecule has 0 aliphatic rings. The van der Waals surface area contributed by atoms with Crippen LogP contribution in [-0.4, -0.2) is 24.1 Å². The van der Waals surface area contributed by atoms with Crippen molar-refractivity contribution in [2.45, 2.75) is 11.8 Å². The van der Waals surface area contributed by atoms with E-state index < -0.39 is 15.8 Å². The van der Waals surface area contributed by atoms with Gasteiger partial charge in [-0.3, -0.25) is 9.52 Å². The minimum absolute atomic E-state index is 0.0607. The fourth-order valence-corrected chi connectivity index (χ4v) is 4.31. The molecule has 1 heterocycles. The molecular formula is C23H18ClFN4O3S. The van der Waals surface area contributed by atoms with Crippen molar-refractivity contribution in [1.29, 1.82) is 0 Å². The lowest BCUT2D eigenvalue weighted by Gasteiger charge is -2.10. The first kappa shape index (κ1) is 22.5. The van der Waals surface area contributed by atoms with Crippen molar-refractivity contribution in [2.75, 3.05) is 10.0 Å². The molecule has 4 aromatic rings. The number of nitrogens with zero attached hydrogens (tertiary/aromatic N) is 2. The third kappa shape index (κ3) is 5.05. The van der Waals surface area contributed by atoms with E-state index >= 15 is 0 Å². The van der Waals surface area contributed by atoms with Crippen molar-refractivity contribution in [1.82, 2.24) is 9.78 Å². The molecule has 0 bridgehead atoms. The van der Waals surface area contributed by atoms with E-state index in [4.69, 9.17) is 11.6 Å². The van der Waals surface area contributed by atoms with Crippen molar-refractivity contribution >= 4 is 38.9 Å². The van der Waals surface area contributed by atoms with E-state index in [-0.39, 0.29) is 10.8 Å². The van der Waals surface area contributed by atoms with Crippen molar-refractivity contribution in [3.8, 4) is 5.69 Å². The van der Waals surface area contributed by atoms with Gasteiger partial charge in [-0.1, -0.05) is 11.6 Å². The molecule has 0 saturated heterocycles. The topological polar surface area (TPSA) is 93.1 Å². The predicted molar refractivity (Wildman–Crippen MR) is 125 cm³/mol. The molecule has 0 unspecified atom stereocenters. The van der Waals surface area contributed by atoms with Crippen LogP contribution in [-0.2, 0) is 10.0 Å². The number of anilines is 2. The van der Waals surface area contributed by atoms with Gasteiger partial charge in [0.05, 0.1) is 28.0 Å². The summed E-state index contributed by atoms with van der Waals surface area (Å²) in [5, 5.41) is 7.65. The number of aromatic nitrogens is 2. The lowest BCUT2D eigenvalue weighted by atomic mass is 10.2. The molecule has 1 amide bonds. The van der Waals surface area contributed by atoms with Crippen LogP contribution in [0.25, 0.3) is 5.69 Å². The summed E-state index contributed by atoms with van der Waals surface area (Å²) in [6.07, 6.45) is 1.48. The number of hydrogen-bond acceptors (Lipinski definition) is 4. The molecule has 10 heteroatoms. The monoisotopic (exact) mass is 484 g/mol. The Bertz CT molecular complexity index is 1400. The van der Waals surface area contributed by atoms with Crippen LogP contribution < -0.4 is 10.0 Å². The smallest absolute Gasteiger partial charge is 0.261 e. The molecule has 0 saturated carbocycles. The molecule has 1 aromatic heterocycles. The van der Waals surface area contributed by atoms with Gasteiger partial charge >= 0.3 is 0 Å². The highest BCUT2D eigenvalue weighted by Gasteiger charge is 2.17. The first-order chi connectivity index (χ1) is 15.7. The third-order valence-electron chi connectivity index (χ3n) is 4.84. The number of rotatable bonds is 6. The molecule has 3 aromatic carbocycles. The van der Waals surface area contributed by atoms with E-state index in [1.165, 1.54) is 30.5 Å². The van der Waals surface area contributed by atoms with Gasteiger partial charge in [0.1, 0.15) is 5.82 Å². The quantitative estimate of drug-likeness (QED) is 0.401. The summed E-state index contributed by atoms with van der Waals surface area (Å²) in [6, 6.07) is 17.8. The molecule has 0 atom stereocenters.